The van der Waals surface area contributed by atoms with Crippen LogP contribution in [0.1, 0.15) is 16.8 Å². The van der Waals surface area contributed by atoms with Gasteiger partial charge in [0.05, 0.1) is 33.7 Å². The summed E-state index contributed by atoms with van der Waals surface area (Å²) in [4.78, 5) is 21.3. The molecule has 2 aromatic carbocycles. The smallest absolute Gasteiger partial charge is 0.251 e. The highest BCUT2D eigenvalue weighted by atomic mass is 35.5. The maximum atomic E-state index is 12.2. The number of benzene rings is 2. The maximum absolute atomic E-state index is 12.2. The Hall–Kier alpha value is -3.15. The molecule has 0 aliphatic heterocycles. The zero-order valence-electron chi connectivity index (χ0n) is 14.9. The van der Waals surface area contributed by atoms with E-state index in [1.807, 2.05) is 41.9 Å². The van der Waals surface area contributed by atoms with Gasteiger partial charge in [-0.3, -0.25) is 4.79 Å². The largest absolute Gasteiger partial charge is 0.351 e. The van der Waals surface area contributed by atoms with Crippen LogP contribution in [0.15, 0.2) is 36.4 Å². The summed E-state index contributed by atoms with van der Waals surface area (Å²) in [5.74, 6) is 0.405. The van der Waals surface area contributed by atoms with E-state index in [1.54, 1.807) is 12.1 Å². The summed E-state index contributed by atoms with van der Waals surface area (Å²) in [6, 6.07) is 12.9. The summed E-state index contributed by atoms with van der Waals surface area (Å²) < 4.78 is 2.90. The lowest BCUT2D eigenvalue weighted by molar-refractivity contribution is 0.0954. The van der Waals surface area contributed by atoms with Gasteiger partial charge in [0.15, 0.2) is 5.13 Å². The third kappa shape index (κ3) is 3.50. The minimum Gasteiger partial charge on any atom is -0.351 e. The van der Waals surface area contributed by atoms with Gasteiger partial charge in [-0.1, -0.05) is 22.9 Å². The van der Waals surface area contributed by atoms with Crippen LogP contribution in [-0.2, 0) is 7.05 Å². The summed E-state index contributed by atoms with van der Waals surface area (Å²) >= 11 is 7.53. The number of thiazole rings is 1. The molecular weight excluding hydrogens is 396 g/mol. The van der Waals surface area contributed by atoms with E-state index in [-0.39, 0.29) is 12.3 Å². The number of aromatic nitrogens is 3. The zero-order chi connectivity index (χ0) is 19.7. The Bertz CT molecular complexity index is 1240. The third-order valence-corrected chi connectivity index (χ3v) is 5.40. The van der Waals surface area contributed by atoms with Gasteiger partial charge < -0.3 is 15.2 Å². The molecule has 28 heavy (non-hydrogen) atoms. The van der Waals surface area contributed by atoms with Crippen LogP contribution in [-0.4, -0.2) is 27.0 Å². The first kappa shape index (κ1) is 18.2. The first-order valence-electron chi connectivity index (χ1n) is 8.50. The number of carbonyl (C=O) groups excluding carboxylic acids is 1. The van der Waals surface area contributed by atoms with E-state index in [9.17, 15) is 4.79 Å². The molecule has 0 saturated carbocycles. The van der Waals surface area contributed by atoms with E-state index in [1.165, 1.54) is 11.3 Å². The fourth-order valence-electron chi connectivity index (χ4n) is 2.83. The molecule has 0 spiro atoms. The molecule has 0 unspecified atom stereocenters. The average Bonchev–Trinajstić information content (AvgIpc) is 3.21. The Morgan fingerprint density at radius 1 is 1.25 bits per heavy atom. The first-order valence-corrected chi connectivity index (χ1v) is 9.69. The zero-order valence-corrected chi connectivity index (χ0v) is 16.4. The van der Waals surface area contributed by atoms with Crippen molar-refractivity contribution in [3.8, 4) is 6.07 Å². The van der Waals surface area contributed by atoms with Crippen molar-refractivity contribution in [2.45, 2.75) is 6.42 Å². The van der Waals surface area contributed by atoms with E-state index in [0.29, 0.717) is 33.7 Å². The fraction of sp³-hybridized carbons (Fsp3) is 0.158. The minimum atomic E-state index is -0.222. The fourth-order valence-corrected chi connectivity index (χ4v) is 3.97. The Labute approximate surface area is 169 Å². The van der Waals surface area contributed by atoms with Crippen molar-refractivity contribution in [2.24, 2.45) is 7.05 Å². The molecule has 4 rings (SSSR count). The van der Waals surface area contributed by atoms with Gasteiger partial charge in [0.2, 0.25) is 5.95 Å². The normalized spacial score (nSPS) is 10.9. The van der Waals surface area contributed by atoms with E-state index in [0.717, 1.165) is 15.7 Å². The number of aryl methyl sites for hydroxylation is 1. The Kier molecular flexibility index (Phi) is 4.86. The topological polar surface area (TPSA) is 95.6 Å². The molecule has 1 amide bonds. The summed E-state index contributed by atoms with van der Waals surface area (Å²) in [6.45, 7) is 0.323. The Morgan fingerprint density at radius 3 is 2.93 bits per heavy atom. The van der Waals surface area contributed by atoms with Crippen LogP contribution in [0, 0.1) is 11.3 Å². The number of carbonyl (C=O) groups is 1. The number of nitriles is 1. The van der Waals surface area contributed by atoms with Gasteiger partial charge in [0.25, 0.3) is 5.91 Å². The number of imidazole rings is 1. The molecule has 0 fully saturated rings. The number of fused-ring (bicyclic) bond motifs is 2. The molecule has 2 N–H and O–H groups in total. The standard InChI is InChI=1S/C19H15ClN6OS/c1-26-15-6-3-11(17(27)22-8-2-7-21)9-14(15)23-18(26)25-19-24-13-5-4-12(20)10-16(13)28-19/h3-6,9-10H,2,8H2,1H3,(H,22,27)(H,23,24,25). The highest BCUT2D eigenvalue weighted by molar-refractivity contribution is 7.22. The number of amides is 1. The van der Waals surface area contributed by atoms with Gasteiger partial charge in [-0.15, -0.1) is 0 Å². The molecule has 2 aromatic heterocycles. The molecule has 4 aromatic rings. The Balaban J connectivity index is 1.61. The number of rotatable bonds is 5. The van der Waals surface area contributed by atoms with Crippen LogP contribution in [0.4, 0.5) is 11.1 Å². The van der Waals surface area contributed by atoms with Crippen molar-refractivity contribution in [3.05, 3.63) is 47.0 Å². The number of nitrogens with one attached hydrogen (secondary N) is 2. The predicted molar refractivity (Wildman–Crippen MR) is 111 cm³/mol. The SMILES string of the molecule is Cn1c(Nc2nc3ccc(Cl)cc3s2)nc2cc(C(=O)NCCC#N)ccc21. The second kappa shape index (κ2) is 7.46. The van der Waals surface area contributed by atoms with Crippen molar-refractivity contribution < 1.29 is 4.79 Å². The number of nitrogens with zero attached hydrogens (tertiary/aromatic N) is 4. The first-order chi connectivity index (χ1) is 13.5. The van der Waals surface area contributed by atoms with Crippen molar-refractivity contribution in [3.63, 3.8) is 0 Å². The molecule has 7 nitrogen and oxygen atoms in total. The number of anilines is 2. The molecule has 9 heteroatoms. The summed E-state index contributed by atoms with van der Waals surface area (Å²) in [7, 11) is 1.90. The number of halogens is 1. The Morgan fingerprint density at radius 2 is 2.11 bits per heavy atom. The molecule has 2 heterocycles. The highest BCUT2D eigenvalue weighted by Gasteiger charge is 2.13. The lowest BCUT2D eigenvalue weighted by atomic mass is 10.2. The molecule has 140 valence electrons. The van der Waals surface area contributed by atoms with Gasteiger partial charge in [-0.2, -0.15) is 5.26 Å². The summed E-state index contributed by atoms with van der Waals surface area (Å²) in [6.07, 6.45) is 0.277. The van der Waals surface area contributed by atoms with E-state index in [4.69, 9.17) is 16.9 Å². The van der Waals surface area contributed by atoms with Gasteiger partial charge in [-0.25, -0.2) is 9.97 Å². The summed E-state index contributed by atoms with van der Waals surface area (Å²) in [5.41, 5.74) is 2.96. The van der Waals surface area contributed by atoms with Crippen molar-refractivity contribution in [1.82, 2.24) is 19.9 Å². The molecule has 0 aliphatic carbocycles. The highest BCUT2D eigenvalue weighted by Crippen LogP contribution is 2.30. The van der Waals surface area contributed by atoms with Gasteiger partial charge in [0.1, 0.15) is 0 Å². The van der Waals surface area contributed by atoms with Gasteiger partial charge in [0, 0.05) is 24.2 Å². The second-order valence-corrected chi connectivity index (χ2v) is 7.59. The molecule has 0 aliphatic rings. The maximum Gasteiger partial charge on any atom is 0.251 e. The van der Waals surface area contributed by atoms with E-state index in [2.05, 4.69) is 20.6 Å². The van der Waals surface area contributed by atoms with E-state index >= 15 is 0 Å². The van der Waals surface area contributed by atoms with Crippen LogP contribution < -0.4 is 10.6 Å². The van der Waals surface area contributed by atoms with Crippen molar-refractivity contribution in [1.29, 1.82) is 5.26 Å². The molecular formula is C19H15ClN6OS. The molecule has 0 radical (unpaired) electrons. The summed E-state index contributed by atoms with van der Waals surface area (Å²) in [5, 5.41) is 15.9. The van der Waals surface area contributed by atoms with E-state index < -0.39 is 0 Å². The molecule has 0 saturated heterocycles. The lowest BCUT2D eigenvalue weighted by Gasteiger charge is -2.03. The molecule has 0 bridgehead atoms. The molecule has 0 atom stereocenters. The second-order valence-electron chi connectivity index (χ2n) is 6.12. The van der Waals surface area contributed by atoms with Crippen molar-refractivity contribution >= 4 is 61.2 Å². The third-order valence-electron chi connectivity index (χ3n) is 4.23. The number of hydrogen-bond acceptors (Lipinski definition) is 6. The van der Waals surface area contributed by atoms with Crippen LogP contribution in [0.25, 0.3) is 21.3 Å². The van der Waals surface area contributed by atoms with Crippen LogP contribution in [0.2, 0.25) is 5.02 Å². The monoisotopic (exact) mass is 410 g/mol. The lowest BCUT2D eigenvalue weighted by Crippen LogP contribution is -2.24. The van der Waals surface area contributed by atoms with Gasteiger partial charge in [-0.05, 0) is 36.4 Å². The average molecular weight is 411 g/mol. The van der Waals surface area contributed by atoms with Crippen LogP contribution in [0.5, 0.6) is 0 Å². The van der Waals surface area contributed by atoms with Crippen molar-refractivity contribution in [2.75, 3.05) is 11.9 Å². The number of hydrogen-bond donors (Lipinski definition) is 2. The quantitative estimate of drug-likeness (QED) is 0.480. The van der Waals surface area contributed by atoms with Crippen LogP contribution in [0.3, 0.4) is 0 Å². The van der Waals surface area contributed by atoms with Crippen LogP contribution >= 0.6 is 22.9 Å². The minimum absolute atomic E-state index is 0.222. The van der Waals surface area contributed by atoms with Gasteiger partial charge >= 0.3 is 0 Å². The predicted octanol–water partition coefficient (Wildman–Crippen LogP) is 4.22.